The molecule has 5 nitrogen and oxygen atoms in total. The van der Waals surface area contributed by atoms with Crippen LogP contribution in [-0.2, 0) is 18.2 Å². The van der Waals surface area contributed by atoms with Gasteiger partial charge in [-0.3, -0.25) is 4.68 Å². The van der Waals surface area contributed by atoms with E-state index in [1.54, 1.807) is 7.11 Å². The van der Waals surface area contributed by atoms with Crippen LogP contribution in [0.25, 0.3) is 0 Å². The second-order valence-electron chi connectivity index (χ2n) is 5.73. The molecule has 0 spiro atoms. The Morgan fingerprint density at radius 1 is 1.47 bits per heavy atom. The minimum Gasteiger partial charge on any atom is -0.377 e. The number of nitrogens with two attached hydrogens (primary N) is 1. The first-order valence-electron chi connectivity index (χ1n) is 7.03. The number of ether oxygens (including phenoxy) is 1. The van der Waals surface area contributed by atoms with E-state index in [1.807, 2.05) is 11.7 Å². The van der Waals surface area contributed by atoms with Crippen molar-refractivity contribution in [2.45, 2.75) is 38.7 Å². The third-order valence-electron chi connectivity index (χ3n) is 4.16. The van der Waals surface area contributed by atoms with Gasteiger partial charge >= 0.3 is 0 Å². The van der Waals surface area contributed by atoms with Crippen molar-refractivity contribution in [2.24, 2.45) is 12.8 Å². The SMILES string of the molecule is COC1(C)CCCN(c2c(CCN)c(C)nn2C)C1. The highest BCUT2D eigenvalue weighted by atomic mass is 16.5. The molecule has 1 aliphatic rings. The van der Waals surface area contributed by atoms with Gasteiger partial charge in [0.15, 0.2) is 0 Å². The number of methoxy groups -OCH3 is 1. The van der Waals surface area contributed by atoms with Gasteiger partial charge in [0.05, 0.1) is 11.3 Å². The molecule has 0 amide bonds. The molecule has 1 aromatic rings. The lowest BCUT2D eigenvalue weighted by Crippen LogP contribution is -2.48. The molecule has 1 aromatic heterocycles. The molecule has 1 aliphatic heterocycles. The number of anilines is 1. The van der Waals surface area contributed by atoms with E-state index in [9.17, 15) is 0 Å². The van der Waals surface area contributed by atoms with Gasteiger partial charge in [0.1, 0.15) is 5.82 Å². The van der Waals surface area contributed by atoms with Crippen LogP contribution in [-0.4, -0.2) is 42.1 Å². The van der Waals surface area contributed by atoms with Crippen LogP contribution in [0.15, 0.2) is 0 Å². The molecular weight excluding hydrogens is 240 g/mol. The lowest BCUT2D eigenvalue weighted by atomic mass is 9.94. The van der Waals surface area contributed by atoms with Crippen molar-refractivity contribution in [1.82, 2.24) is 9.78 Å². The van der Waals surface area contributed by atoms with Gasteiger partial charge in [-0.25, -0.2) is 0 Å². The predicted octanol–water partition coefficient (Wildman–Crippen LogP) is 1.24. The molecular formula is C14H26N4O. The molecule has 2 heterocycles. The molecule has 19 heavy (non-hydrogen) atoms. The Morgan fingerprint density at radius 3 is 2.84 bits per heavy atom. The Labute approximate surface area is 115 Å². The van der Waals surface area contributed by atoms with Crippen molar-refractivity contribution in [2.75, 3.05) is 31.6 Å². The van der Waals surface area contributed by atoms with E-state index in [-0.39, 0.29) is 5.60 Å². The van der Waals surface area contributed by atoms with Gasteiger partial charge in [0.25, 0.3) is 0 Å². The largest absolute Gasteiger partial charge is 0.377 e. The van der Waals surface area contributed by atoms with Crippen molar-refractivity contribution >= 4 is 5.82 Å². The maximum absolute atomic E-state index is 5.74. The molecule has 0 radical (unpaired) electrons. The lowest BCUT2D eigenvalue weighted by Gasteiger charge is -2.40. The zero-order chi connectivity index (χ0) is 14.0. The molecule has 108 valence electrons. The van der Waals surface area contributed by atoms with Gasteiger partial charge in [-0.2, -0.15) is 5.10 Å². The fourth-order valence-electron chi connectivity index (χ4n) is 3.08. The molecule has 0 bridgehead atoms. The van der Waals surface area contributed by atoms with Crippen LogP contribution in [0.3, 0.4) is 0 Å². The van der Waals surface area contributed by atoms with E-state index in [1.165, 1.54) is 11.4 Å². The number of piperidine rings is 1. The maximum atomic E-state index is 5.74. The predicted molar refractivity (Wildman–Crippen MR) is 77.6 cm³/mol. The quantitative estimate of drug-likeness (QED) is 0.890. The van der Waals surface area contributed by atoms with E-state index in [0.29, 0.717) is 6.54 Å². The molecule has 1 unspecified atom stereocenters. The van der Waals surface area contributed by atoms with Crippen molar-refractivity contribution in [3.63, 3.8) is 0 Å². The van der Waals surface area contributed by atoms with Gasteiger partial charge in [0, 0.05) is 32.8 Å². The normalized spacial score (nSPS) is 23.9. The van der Waals surface area contributed by atoms with Gasteiger partial charge in [0.2, 0.25) is 0 Å². The second kappa shape index (κ2) is 5.51. The number of aromatic nitrogens is 2. The van der Waals surface area contributed by atoms with E-state index in [0.717, 1.165) is 38.0 Å². The lowest BCUT2D eigenvalue weighted by molar-refractivity contribution is -0.00496. The van der Waals surface area contributed by atoms with Crippen LogP contribution in [0.5, 0.6) is 0 Å². The Balaban J connectivity index is 2.30. The topological polar surface area (TPSA) is 56.3 Å². The highest BCUT2D eigenvalue weighted by Crippen LogP contribution is 2.31. The highest BCUT2D eigenvalue weighted by Gasteiger charge is 2.33. The summed E-state index contributed by atoms with van der Waals surface area (Å²) in [6, 6.07) is 0. The van der Waals surface area contributed by atoms with E-state index < -0.39 is 0 Å². The Morgan fingerprint density at radius 2 is 2.21 bits per heavy atom. The van der Waals surface area contributed by atoms with Crippen LogP contribution in [0, 0.1) is 6.92 Å². The first kappa shape index (κ1) is 14.3. The fourth-order valence-corrected chi connectivity index (χ4v) is 3.08. The Kier molecular flexibility index (Phi) is 4.16. The second-order valence-corrected chi connectivity index (χ2v) is 5.73. The van der Waals surface area contributed by atoms with Crippen molar-refractivity contribution in [3.05, 3.63) is 11.3 Å². The summed E-state index contributed by atoms with van der Waals surface area (Å²) in [5.41, 5.74) is 8.05. The zero-order valence-corrected chi connectivity index (χ0v) is 12.6. The maximum Gasteiger partial charge on any atom is 0.130 e. The third kappa shape index (κ3) is 2.77. The first-order valence-corrected chi connectivity index (χ1v) is 7.03. The molecule has 1 saturated heterocycles. The van der Waals surface area contributed by atoms with E-state index in [2.05, 4.69) is 23.8 Å². The molecule has 0 saturated carbocycles. The van der Waals surface area contributed by atoms with Gasteiger partial charge in [-0.05, 0) is 39.7 Å². The highest BCUT2D eigenvalue weighted by molar-refractivity contribution is 5.51. The smallest absolute Gasteiger partial charge is 0.130 e. The standard InChI is InChI=1S/C14H26N4O/c1-11-12(6-8-15)13(17(3)16-11)18-9-5-7-14(2,10-18)19-4/h5-10,15H2,1-4H3. The summed E-state index contributed by atoms with van der Waals surface area (Å²) in [5.74, 6) is 1.21. The van der Waals surface area contributed by atoms with Gasteiger partial charge in [-0.1, -0.05) is 0 Å². The van der Waals surface area contributed by atoms with Gasteiger partial charge in [-0.15, -0.1) is 0 Å². The van der Waals surface area contributed by atoms with E-state index >= 15 is 0 Å². The zero-order valence-electron chi connectivity index (χ0n) is 12.6. The molecule has 1 fully saturated rings. The summed E-state index contributed by atoms with van der Waals surface area (Å²) in [4.78, 5) is 2.40. The summed E-state index contributed by atoms with van der Waals surface area (Å²) in [6.07, 6.45) is 3.15. The van der Waals surface area contributed by atoms with Gasteiger partial charge < -0.3 is 15.4 Å². The molecule has 0 aliphatic carbocycles. The summed E-state index contributed by atoms with van der Waals surface area (Å²) >= 11 is 0. The molecule has 2 rings (SSSR count). The van der Waals surface area contributed by atoms with Crippen molar-refractivity contribution < 1.29 is 4.74 Å². The molecule has 5 heteroatoms. The van der Waals surface area contributed by atoms with Crippen LogP contribution < -0.4 is 10.6 Å². The summed E-state index contributed by atoms with van der Waals surface area (Å²) < 4.78 is 7.67. The first-order chi connectivity index (χ1) is 9.00. The summed E-state index contributed by atoms with van der Waals surface area (Å²) in [6.45, 7) is 6.89. The minimum absolute atomic E-state index is 0.0591. The van der Waals surface area contributed by atoms with Crippen LogP contribution in [0.2, 0.25) is 0 Å². The monoisotopic (exact) mass is 266 g/mol. The molecule has 0 aromatic carbocycles. The number of nitrogens with zero attached hydrogens (tertiary/aromatic N) is 3. The average Bonchev–Trinajstić information content (AvgIpc) is 2.65. The van der Waals surface area contributed by atoms with Crippen molar-refractivity contribution in [1.29, 1.82) is 0 Å². The summed E-state index contributed by atoms with van der Waals surface area (Å²) in [7, 11) is 3.82. The average molecular weight is 266 g/mol. The summed E-state index contributed by atoms with van der Waals surface area (Å²) in [5, 5.41) is 4.56. The fraction of sp³-hybridized carbons (Fsp3) is 0.786. The van der Waals surface area contributed by atoms with Crippen LogP contribution in [0.4, 0.5) is 5.82 Å². The Bertz CT molecular complexity index is 443. The van der Waals surface area contributed by atoms with Crippen LogP contribution in [0.1, 0.15) is 31.0 Å². The van der Waals surface area contributed by atoms with Crippen LogP contribution >= 0.6 is 0 Å². The number of aryl methyl sites for hydroxylation is 2. The number of rotatable bonds is 4. The van der Waals surface area contributed by atoms with E-state index in [4.69, 9.17) is 10.5 Å². The molecule has 1 atom stereocenters. The third-order valence-corrected chi connectivity index (χ3v) is 4.16. The molecule has 2 N–H and O–H groups in total. The minimum atomic E-state index is -0.0591. The van der Waals surface area contributed by atoms with Crippen molar-refractivity contribution in [3.8, 4) is 0 Å². The Hall–Kier alpha value is -1.07. The number of hydrogen-bond donors (Lipinski definition) is 1. The number of hydrogen-bond acceptors (Lipinski definition) is 4.